The van der Waals surface area contributed by atoms with Crippen LogP contribution in [0.1, 0.15) is 12.8 Å². The van der Waals surface area contributed by atoms with Crippen LogP contribution < -0.4 is 16.2 Å². The molecule has 1 aliphatic heterocycles. The lowest BCUT2D eigenvalue weighted by molar-refractivity contribution is 0.477. The molecule has 1 aromatic heterocycles. The van der Waals surface area contributed by atoms with Crippen molar-refractivity contribution < 1.29 is 8.42 Å². The van der Waals surface area contributed by atoms with Gasteiger partial charge in [0.1, 0.15) is 0 Å². The zero-order valence-corrected chi connectivity index (χ0v) is 19.4. The second-order valence-electron chi connectivity index (χ2n) is 6.95. The number of sulfonamides is 1. The van der Waals surface area contributed by atoms with Gasteiger partial charge in [-0.3, -0.25) is 0 Å². The van der Waals surface area contributed by atoms with Gasteiger partial charge in [-0.25, -0.2) is 13.5 Å². The van der Waals surface area contributed by atoms with Crippen molar-refractivity contribution in [2.24, 2.45) is 0 Å². The SMILES string of the molecule is Nc1nc(Nc2cc([SiH3])c(-c3ccc(S(=O)(=O)N4CCCC4)cc3)c(Cl)c2)n[nH]1. The number of nitrogens with one attached hydrogen (secondary N) is 2. The Kier molecular flexibility index (Phi) is 5.34. The summed E-state index contributed by atoms with van der Waals surface area (Å²) in [6.45, 7) is 1.18. The van der Waals surface area contributed by atoms with Crippen LogP contribution in [0.5, 0.6) is 0 Å². The van der Waals surface area contributed by atoms with Gasteiger partial charge in [-0.2, -0.15) is 9.29 Å². The Balaban J connectivity index is 1.61. The number of halogens is 1. The first-order chi connectivity index (χ1) is 13.8. The molecule has 1 saturated heterocycles. The number of benzene rings is 2. The fraction of sp³-hybridized carbons (Fsp3) is 0.222. The van der Waals surface area contributed by atoms with E-state index < -0.39 is 10.0 Å². The molecule has 152 valence electrons. The van der Waals surface area contributed by atoms with Crippen LogP contribution in [-0.2, 0) is 10.0 Å². The Morgan fingerprint density at radius 2 is 1.86 bits per heavy atom. The van der Waals surface area contributed by atoms with Gasteiger partial charge in [0, 0.05) is 29.0 Å². The van der Waals surface area contributed by atoms with Crippen LogP contribution >= 0.6 is 11.6 Å². The minimum atomic E-state index is -3.43. The number of nitrogen functional groups attached to an aromatic ring is 1. The van der Waals surface area contributed by atoms with Crippen molar-refractivity contribution in [3.8, 4) is 11.1 Å². The molecule has 2 heterocycles. The van der Waals surface area contributed by atoms with Gasteiger partial charge in [-0.05, 0) is 48.2 Å². The molecule has 0 saturated carbocycles. The molecule has 4 rings (SSSR count). The molecule has 1 aliphatic rings. The summed E-state index contributed by atoms with van der Waals surface area (Å²) in [6.07, 6.45) is 1.83. The maximum Gasteiger partial charge on any atom is 0.248 e. The number of rotatable bonds is 5. The van der Waals surface area contributed by atoms with E-state index in [1.165, 1.54) is 0 Å². The molecule has 0 unspecified atom stereocenters. The van der Waals surface area contributed by atoms with E-state index in [1.807, 2.05) is 18.2 Å². The molecule has 3 aromatic rings. The highest BCUT2D eigenvalue weighted by molar-refractivity contribution is 7.89. The van der Waals surface area contributed by atoms with Crippen molar-refractivity contribution in [3.05, 3.63) is 41.4 Å². The van der Waals surface area contributed by atoms with E-state index in [0.29, 0.717) is 29.0 Å². The molecule has 8 nitrogen and oxygen atoms in total. The predicted molar refractivity (Wildman–Crippen MR) is 119 cm³/mol. The summed E-state index contributed by atoms with van der Waals surface area (Å²) in [5.41, 5.74) is 8.09. The van der Waals surface area contributed by atoms with Crippen molar-refractivity contribution in [1.29, 1.82) is 0 Å². The number of hydrogen-bond donors (Lipinski definition) is 3. The molecule has 29 heavy (non-hydrogen) atoms. The lowest BCUT2D eigenvalue weighted by Crippen LogP contribution is -2.27. The number of nitrogens with two attached hydrogens (primary N) is 1. The molecule has 2 aromatic carbocycles. The van der Waals surface area contributed by atoms with Crippen molar-refractivity contribution in [2.75, 3.05) is 24.1 Å². The van der Waals surface area contributed by atoms with Gasteiger partial charge in [0.25, 0.3) is 0 Å². The van der Waals surface area contributed by atoms with Gasteiger partial charge < -0.3 is 11.1 Å². The Labute approximate surface area is 177 Å². The highest BCUT2D eigenvalue weighted by Gasteiger charge is 2.27. The first-order valence-corrected chi connectivity index (χ1v) is 12.0. The summed E-state index contributed by atoms with van der Waals surface area (Å²) >= 11 is 6.56. The Morgan fingerprint density at radius 1 is 1.17 bits per heavy atom. The second kappa shape index (κ2) is 7.79. The second-order valence-corrected chi connectivity index (χ2v) is 10.4. The van der Waals surface area contributed by atoms with E-state index >= 15 is 0 Å². The third-order valence-electron chi connectivity index (χ3n) is 4.89. The van der Waals surface area contributed by atoms with E-state index in [0.717, 1.165) is 45.1 Å². The number of aromatic amines is 1. The fourth-order valence-electron chi connectivity index (χ4n) is 3.51. The van der Waals surface area contributed by atoms with Gasteiger partial charge in [-0.1, -0.05) is 28.9 Å². The highest BCUT2D eigenvalue weighted by atomic mass is 35.5. The summed E-state index contributed by atoms with van der Waals surface area (Å²) in [4.78, 5) is 4.33. The van der Waals surface area contributed by atoms with Crippen molar-refractivity contribution in [1.82, 2.24) is 19.5 Å². The molecule has 0 aliphatic carbocycles. The Bertz CT molecular complexity index is 1120. The maximum absolute atomic E-state index is 12.7. The monoisotopic (exact) mass is 448 g/mol. The topological polar surface area (TPSA) is 117 Å². The fourth-order valence-corrected chi connectivity index (χ4v) is 6.43. The summed E-state index contributed by atoms with van der Waals surface area (Å²) in [6, 6.07) is 10.7. The molecule has 0 atom stereocenters. The first-order valence-electron chi connectivity index (χ1n) is 9.20. The minimum absolute atomic E-state index is 0.227. The van der Waals surface area contributed by atoms with Crippen LogP contribution in [0.3, 0.4) is 0 Å². The highest BCUT2D eigenvalue weighted by Crippen LogP contribution is 2.31. The summed E-state index contributed by atoms with van der Waals surface area (Å²) in [7, 11) is -2.67. The first kappa shape index (κ1) is 19.9. The van der Waals surface area contributed by atoms with Gasteiger partial charge in [0.2, 0.25) is 21.9 Å². The van der Waals surface area contributed by atoms with E-state index in [1.54, 1.807) is 22.5 Å². The smallest absolute Gasteiger partial charge is 0.248 e. The van der Waals surface area contributed by atoms with Gasteiger partial charge in [0.05, 0.1) is 9.92 Å². The van der Waals surface area contributed by atoms with Crippen molar-refractivity contribution in [3.63, 3.8) is 0 Å². The summed E-state index contributed by atoms with van der Waals surface area (Å²) in [5, 5.41) is 11.2. The molecule has 0 radical (unpaired) electrons. The van der Waals surface area contributed by atoms with Crippen LogP contribution in [-0.4, -0.2) is 51.2 Å². The number of aromatic nitrogens is 3. The van der Waals surface area contributed by atoms with Crippen LogP contribution in [0.25, 0.3) is 11.1 Å². The maximum atomic E-state index is 12.7. The summed E-state index contributed by atoms with van der Waals surface area (Å²) < 4.78 is 27.0. The van der Waals surface area contributed by atoms with E-state index in [4.69, 9.17) is 17.3 Å². The van der Waals surface area contributed by atoms with Gasteiger partial charge in [-0.15, -0.1) is 5.10 Å². The standard InChI is InChI=1S/C18H21ClN6O2SSi/c19-14-9-12(21-18-22-17(20)23-24-18)10-15(29)16(14)11-3-5-13(6-4-11)28(26,27)25-7-1-2-8-25/h3-6,9-10H,1-2,7-8H2,29H3,(H4,20,21,22,23,24). The summed E-state index contributed by atoms with van der Waals surface area (Å²) in [5.74, 6) is 0.592. The molecular formula is C18H21ClN6O2SSi. The average Bonchev–Trinajstić information content (AvgIpc) is 3.34. The van der Waals surface area contributed by atoms with Crippen LogP contribution in [0, 0.1) is 0 Å². The molecule has 0 amide bonds. The van der Waals surface area contributed by atoms with Gasteiger partial charge in [0.15, 0.2) is 0 Å². The molecular weight excluding hydrogens is 428 g/mol. The quantitative estimate of drug-likeness (QED) is 0.505. The number of anilines is 3. The average molecular weight is 449 g/mol. The zero-order chi connectivity index (χ0) is 20.6. The molecule has 0 bridgehead atoms. The third kappa shape index (κ3) is 4.01. The molecule has 0 spiro atoms. The van der Waals surface area contributed by atoms with Crippen LogP contribution in [0.4, 0.5) is 17.6 Å². The molecule has 1 fully saturated rings. The molecule has 4 N–H and O–H groups in total. The third-order valence-corrected chi connectivity index (χ3v) is 7.89. The molecule has 11 heteroatoms. The predicted octanol–water partition coefficient (Wildman–Crippen LogP) is 1.23. The lowest BCUT2D eigenvalue weighted by atomic mass is 10.1. The lowest BCUT2D eigenvalue weighted by Gasteiger charge is -2.16. The van der Waals surface area contributed by atoms with Crippen molar-refractivity contribution >= 4 is 54.6 Å². The number of hydrogen-bond acceptors (Lipinski definition) is 6. The van der Waals surface area contributed by atoms with Crippen LogP contribution in [0.15, 0.2) is 41.3 Å². The Morgan fingerprint density at radius 3 is 2.45 bits per heavy atom. The number of H-pyrrole nitrogens is 1. The normalized spacial score (nSPS) is 15.1. The minimum Gasteiger partial charge on any atom is -0.368 e. The van der Waals surface area contributed by atoms with E-state index in [9.17, 15) is 8.42 Å². The van der Waals surface area contributed by atoms with E-state index in [-0.39, 0.29) is 5.95 Å². The largest absolute Gasteiger partial charge is 0.368 e. The van der Waals surface area contributed by atoms with Gasteiger partial charge >= 0.3 is 0 Å². The van der Waals surface area contributed by atoms with Crippen LogP contribution in [0.2, 0.25) is 5.02 Å². The Hall–Kier alpha value is -2.40. The zero-order valence-electron chi connectivity index (χ0n) is 15.8. The number of nitrogens with zero attached hydrogens (tertiary/aromatic N) is 3. The van der Waals surface area contributed by atoms with E-state index in [2.05, 4.69) is 20.5 Å². The van der Waals surface area contributed by atoms with Crippen molar-refractivity contribution in [2.45, 2.75) is 17.7 Å².